The number of nitrogen functional groups attached to an aromatic ring is 1. The number of hydrogen-bond acceptors (Lipinski definition) is 13. The van der Waals surface area contributed by atoms with Crippen LogP contribution in [0.15, 0.2) is 11.1 Å². The largest absolute Gasteiger partial charge is 0.490 e. The average molecular weight is 553 g/mol. The fourth-order valence-corrected chi connectivity index (χ4v) is 6.02. The standard InChI is InChI=1S/C12H19FN5O13P3/c1-6(29-33(24,25)31-34(26,27)30-32(21,22)23)7-8(19)12(15,3-2-4-13)9(28-7)18-5-16-10(14)17-11(18)20/h5-9,19H,4,15H2,1H3,(H,24,25)(H,26,27)(H2,14,17,20)(H2,21,22,23)/t6-,7-,8+,9-,12?/m1/s1. The van der Waals surface area contributed by atoms with E-state index in [9.17, 15) is 37.8 Å². The van der Waals surface area contributed by atoms with E-state index < -0.39 is 71.9 Å². The topological polar surface area (TPSA) is 289 Å². The van der Waals surface area contributed by atoms with Gasteiger partial charge in [-0.2, -0.15) is 13.6 Å². The number of phosphoric ester groups is 1. The minimum absolute atomic E-state index is 0.421. The van der Waals surface area contributed by atoms with E-state index >= 15 is 0 Å². The van der Waals surface area contributed by atoms with Gasteiger partial charge in [-0.3, -0.25) is 9.09 Å². The van der Waals surface area contributed by atoms with Crippen LogP contribution in [-0.4, -0.2) is 69.7 Å². The van der Waals surface area contributed by atoms with E-state index in [4.69, 9.17) is 26.0 Å². The van der Waals surface area contributed by atoms with Crippen LogP contribution in [0.4, 0.5) is 10.3 Å². The molecular weight excluding hydrogens is 534 g/mol. The number of halogens is 1. The first-order valence-electron chi connectivity index (χ1n) is 8.62. The Morgan fingerprint density at radius 2 is 1.91 bits per heavy atom. The molecule has 0 radical (unpaired) electrons. The predicted octanol–water partition coefficient (Wildman–Crippen LogP) is -2.12. The number of rotatable bonds is 8. The third kappa shape index (κ3) is 6.97. The molecule has 7 atom stereocenters. The molecule has 22 heteroatoms. The van der Waals surface area contributed by atoms with Crippen LogP contribution in [0.2, 0.25) is 0 Å². The summed E-state index contributed by atoms with van der Waals surface area (Å²) in [5.74, 6) is 3.72. The Kier molecular flexibility index (Phi) is 8.56. The Labute approximate surface area is 189 Å². The molecule has 34 heavy (non-hydrogen) atoms. The molecule has 0 aromatic carbocycles. The summed E-state index contributed by atoms with van der Waals surface area (Å²) in [6, 6.07) is 0. The number of ether oxygens (including phenoxy) is 1. The zero-order chi connectivity index (χ0) is 26.1. The molecule has 0 bridgehead atoms. The van der Waals surface area contributed by atoms with Crippen LogP contribution in [-0.2, 0) is 31.6 Å². The molecule has 0 spiro atoms. The number of aliphatic hydroxyl groups is 1. The quantitative estimate of drug-likeness (QED) is 0.134. The highest BCUT2D eigenvalue weighted by Gasteiger charge is 2.57. The number of anilines is 1. The molecular formula is C12H19FN5O13P3. The molecule has 2 rings (SSSR count). The van der Waals surface area contributed by atoms with E-state index in [-0.39, 0.29) is 0 Å². The summed E-state index contributed by atoms with van der Waals surface area (Å²) < 4.78 is 64.8. The van der Waals surface area contributed by atoms with Crippen molar-refractivity contribution >= 4 is 29.4 Å². The van der Waals surface area contributed by atoms with Crippen molar-refractivity contribution in [2.24, 2.45) is 5.73 Å². The van der Waals surface area contributed by atoms with E-state index in [0.717, 1.165) is 13.3 Å². The molecule has 1 aliphatic heterocycles. The summed E-state index contributed by atoms with van der Waals surface area (Å²) >= 11 is 0. The Morgan fingerprint density at radius 1 is 1.29 bits per heavy atom. The number of nitrogens with two attached hydrogens (primary N) is 2. The van der Waals surface area contributed by atoms with Gasteiger partial charge in [0.25, 0.3) is 0 Å². The Hall–Kier alpha value is -1.61. The average Bonchev–Trinajstić information content (AvgIpc) is 2.88. The van der Waals surface area contributed by atoms with Crippen LogP contribution in [0.25, 0.3) is 0 Å². The van der Waals surface area contributed by atoms with Crippen LogP contribution >= 0.6 is 23.5 Å². The van der Waals surface area contributed by atoms with E-state index in [1.54, 1.807) is 0 Å². The van der Waals surface area contributed by atoms with Gasteiger partial charge in [0.1, 0.15) is 25.2 Å². The van der Waals surface area contributed by atoms with Crippen molar-refractivity contribution in [2.75, 3.05) is 12.4 Å². The lowest BCUT2D eigenvalue weighted by Gasteiger charge is -2.28. The maximum absolute atomic E-state index is 12.7. The second kappa shape index (κ2) is 10.2. The number of alkyl halides is 1. The van der Waals surface area contributed by atoms with Crippen LogP contribution in [0.5, 0.6) is 0 Å². The highest BCUT2D eigenvalue weighted by Crippen LogP contribution is 2.66. The molecule has 9 N–H and O–H groups in total. The highest BCUT2D eigenvalue weighted by atomic mass is 31.3. The van der Waals surface area contributed by atoms with E-state index in [1.165, 1.54) is 0 Å². The van der Waals surface area contributed by atoms with Gasteiger partial charge in [-0.1, -0.05) is 11.8 Å². The van der Waals surface area contributed by atoms with Crippen molar-refractivity contribution in [1.82, 2.24) is 14.5 Å². The van der Waals surface area contributed by atoms with Gasteiger partial charge in [0, 0.05) is 0 Å². The smallest absolute Gasteiger partial charge is 0.387 e. The molecule has 0 saturated carbocycles. The first-order chi connectivity index (χ1) is 15.4. The second-order valence-corrected chi connectivity index (χ2v) is 10.9. The van der Waals surface area contributed by atoms with Crippen molar-refractivity contribution < 1.29 is 60.6 Å². The molecule has 192 valence electrons. The zero-order valence-electron chi connectivity index (χ0n) is 16.8. The molecule has 0 amide bonds. The van der Waals surface area contributed by atoms with Crippen molar-refractivity contribution in [2.45, 2.75) is 37.0 Å². The predicted molar refractivity (Wildman–Crippen MR) is 106 cm³/mol. The number of nitrogens with zero attached hydrogens (tertiary/aromatic N) is 3. The third-order valence-electron chi connectivity index (χ3n) is 4.04. The lowest BCUT2D eigenvalue weighted by Crippen LogP contribution is -2.55. The van der Waals surface area contributed by atoms with Crippen LogP contribution in [0, 0.1) is 11.8 Å². The molecule has 2 heterocycles. The number of phosphoric acid groups is 3. The molecule has 3 unspecified atom stereocenters. The Morgan fingerprint density at radius 3 is 2.44 bits per heavy atom. The minimum Gasteiger partial charge on any atom is -0.387 e. The number of aromatic nitrogens is 3. The Bertz CT molecular complexity index is 1180. The maximum Gasteiger partial charge on any atom is 0.490 e. The fraction of sp³-hybridized carbons (Fsp3) is 0.583. The van der Waals surface area contributed by atoms with Crippen molar-refractivity contribution in [1.29, 1.82) is 0 Å². The van der Waals surface area contributed by atoms with Gasteiger partial charge in [0.2, 0.25) is 5.95 Å². The lowest BCUT2D eigenvalue weighted by molar-refractivity contribution is -0.0757. The van der Waals surface area contributed by atoms with Gasteiger partial charge in [-0.15, -0.1) is 0 Å². The summed E-state index contributed by atoms with van der Waals surface area (Å²) in [5.41, 5.74) is 8.06. The number of aliphatic hydroxyl groups excluding tert-OH is 1. The third-order valence-corrected chi connectivity index (χ3v) is 7.97. The molecule has 1 aliphatic rings. The van der Waals surface area contributed by atoms with Gasteiger partial charge < -0.3 is 40.9 Å². The zero-order valence-corrected chi connectivity index (χ0v) is 19.5. The van der Waals surface area contributed by atoms with Gasteiger partial charge in [-0.25, -0.2) is 27.9 Å². The number of hydrogen-bond donors (Lipinski definition) is 7. The molecule has 1 aromatic rings. The highest BCUT2D eigenvalue weighted by molar-refractivity contribution is 7.66. The van der Waals surface area contributed by atoms with Crippen molar-refractivity contribution in [3.63, 3.8) is 0 Å². The first kappa shape index (κ1) is 28.6. The summed E-state index contributed by atoms with van der Waals surface area (Å²) in [6.45, 7) is -0.229. The van der Waals surface area contributed by atoms with Crippen molar-refractivity contribution in [3.05, 3.63) is 16.8 Å². The van der Waals surface area contributed by atoms with E-state index in [0.29, 0.717) is 4.57 Å². The molecule has 18 nitrogen and oxygen atoms in total. The van der Waals surface area contributed by atoms with E-state index in [1.807, 2.05) is 5.92 Å². The summed E-state index contributed by atoms with van der Waals surface area (Å²) in [6.07, 6.45) is -6.31. The van der Waals surface area contributed by atoms with Gasteiger partial charge in [0.05, 0.1) is 6.10 Å². The monoisotopic (exact) mass is 553 g/mol. The van der Waals surface area contributed by atoms with E-state index in [2.05, 4.69) is 29.0 Å². The maximum atomic E-state index is 12.7. The fourth-order valence-electron chi connectivity index (χ4n) is 2.82. The summed E-state index contributed by atoms with van der Waals surface area (Å²) in [5, 5.41) is 10.7. The minimum atomic E-state index is -5.82. The molecule has 1 fully saturated rings. The second-order valence-electron chi connectivity index (χ2n) is 6.57. The summed E-state index contributed by atoms with van der Waals surface area (Å²) in [7, 11) is -17.1. The molecule has 0 aliphatic carbocycles. The SMILES string of the molecule is C[C@@H](OP(=O)(O)OP(=O)(O)OP(=O)(O)O)[C@H]1O[C@@H](n2cnc(N)nc2=O)C(N)(C#CCF)[C@H]1O. The van der Waals surface area contributed by atoms with Crippen LogP contribution < -0.4 is 17.2 Å². The van der Waals surface area contributed by atoms with Crippen LogP contribution in [0.3, 0.4) is 0 Å². The van der Waals surface area contributed by atoms with Gasteiger partial charge in [-0.05, 0) is 6.92 Å². The molecule has 1 saturated heterocycles. The normalized spacial score (nSPS) is 29.5. The van der Waals surface area contributed by atoms with Gasteiger partial charge in [0.15, 0.2) is 11.8 Å². The van der Waals surface area contributed by atoms with Gasteiger partial charge >= 0.3 is 29.2 Å². The van der Waals surface area contributed by atoms with Crippen molar-refractivity contribution in [3.8, 4) is 11.8 Å². The summed E-state index contributed by atoms with van der Waals surface area (Å²) in [4.78, 5) is 55.2. The Balaban J connectivity index is 2.34. The lowest BCUT2D eigenvalue weighted by atomic mass is 9.90. The molecule has 1 aromatic heterocycles. The van der Waals surface area contributed by atoms with Crippen LogP contribution in [0.1, 0.15) is 13.2 Å². The first-order valence-corrected chi connectivity index (χ1v) is 13.1.